The topological polar surface area (TPSA) is 102 Å². The van der Waals surface area contributed by atoms with Crippen LogP contribution in [0.15, 0.2) is 46.9 Å². The molecule has 2 N–H and O–H groups in total. The van der Waals surface area contributed by atoms with E-state index in [2.05, 4.69) is 42.0 Å². The van der Waals surface area contributed by atoms with Crippen LogP contribution in [0.1, 0.15) is 5.56 Å². The second-order valence-electron chi connectivity index (χ2n) is 5.94. The van der Waals surface area contributed by atoms with Crippen molar-refractivity contribution in [1.29, 1.82) is 0 Å². The summed E-state index contributed by atoms with van der Waals surface area (Å²) in [7, 11) is 0. The Bertz CT molecular complexity index is 1020. The average Bonchev–Trinajstić information content (AvgIpc) is 3.11. The summed E-state index contributed by atoms with van der Waals surface area (Å²) in [6.07, 6.45) is 0. The van der Waals surface area contributed by atoms with Crippen molar-refractivity contribution in [3.05, 3.63) is 58.3 Å². The maximum absolute atomic E-state index is 13.3. The summed E-state index contributed by atoms with van der Waals surface area (Å²) in [6, 6.07) is 11.2. The number of anilines is 1. The lowest BCUT2D eigenvalue weighted by molar-refractivity contribution is -0.124. The van der Waals surface area contributed by atoms with Gasteiger partial charge in [0.1, 0.15) is 12.4 Å². The van der Waals surface area contributed by atoms with Gasteiger partial charge in [0.05, 0.1) is 6.54 Å². The highest BCUT2D eigenvalue weighted by Crippen LogP contribution is 2.19. The first-order chi connectivity index (χ1) is 13.4. The Labute approximate surface area is 168 Å². The van der Waals surface area contributed by atoms with Crippen molar-refractivity contribution >= 4 is 33.4 Å². The largest absolute Gasteiger partial charge is 0.345 e. The van der Waals surface area contributed by atoms with Crippen LogP contribution < -0.4 is 10.6 Å². The molecule has 0 aliphatic carbocycles. The van der Waals surface area contributed by atoms with Crippen molar-refractivity contribution in [2.45, 2.75) is 13.5 Å². The predicted molar refractivity (Wildman–Crippen MR) is 104 cm³/mol. The fourth-order valence-electron chi connectivity index (χ4n) is 2.38. The average molecular weight is 447 g/mol. The van der Waals surface area contributed by atoms with Crippen LogP contribution in [0.5, 0.6) is 0 Å². The number of benzene rings is 2. The monoisotopic (exact) mass is 446 g/mol. The van der Waals surface area contributed by atoms with Crippen molar-refractivity contribution < 1.29 is 14.0 Å². The summed E-state index contributed by atoms with van der Waals surface area (Å²) in [5, 5.41) is 16.8. The number of aromatic nitrogens is 4. The first-order valence-corrected chi connectivity index (χ1v) is 9.06. The molecule has 1 heterocycles. The summed E-state index contributed by atoms with van der Waals surface area (Å²) in [5.41, 5.74) is 2.02. The standard InChI is InChI=1S/C18H16BrFN6O2/c1-11-7-13(19)5-6-15(11)22-16(27)9-21-17(28)10-26-24-18(23-25-26)12-3-2-4-14(20)8-12/h2-8H,9-10H2,1H3,(H,21,28)(H,22,27). The molecule has 8 nitrogen and oxygen atoms in total. The molecule has 28 heavy (non-hydrogen) atoms. The Morgan fingerprint density at radius 3 is 2.75 bits per heavy atom. The normalized spacial score (nSPS) is 10.5. The van der Waals surface area contributed by atoms with E-state index in [0.717, 1.165) is 14.8 Å². The minimum atomic E-state index is -0.453. The highest BCUT2D eigenvalue weighted by molar-refractivity contribution is 9.10. The van der Waals surface area contributed by atoms with Crippen LogP contribution in [0.4, 0.5) is 10.1 Å². The summed E-state index contributed by atoms with van der Waals surface area (Å²) < 4.78 is 14.2. The number of hydrogen-bond acceptors (Lipinski definition) is 5. The molecule has 0 bridgehead atoms. The zero-order valence-electron chi connectivity index (χ0n) is 14.8. The van der Waals surface area contributed by atoms with Gasteiger partial charge in [-0.2, -0.15) is 4.80 Å². The third kappa shape index (κ3) is 5.19. The molecule has 0 saturated heterocycles. The second kappa shape index (κ2) is 8.70. The molecule has 0 unspecified atom stereocenters. The van der Waals surface area contributed by atoms with Crippen molar-refractivity contribution in [3.8, 4) is 11.4 Å². The maximum atomic E-state index is 13.3. The zero-order chi connectivity index (χ0) is 20.1. The SMILES string of the molecule is Cc1cc(Br)ccc1NC(=O)CNC(=O)Cn1nnc(-c2cccc(F)c2)n1. The minimum Gasteiger partial charge on any atom is -0.345 e. The molecule has 0 aliphatic rings. The van der Waals surface area contributed by atoms with Crippen molar-refractivity contribution in [3.63, 3.8) is 0 Å². The van der Waals surface area contributed by atoms with Gasteiger partial charge in [-0.05, 0) is 48.0 Å². The first kappa shape index (κ1) is 19.6. The Morgan fingerprint density at radius 2 is 2.00 bits per heavy atom. The van der Waals surface area contributed by atoms with E-state index in [0.29, 0.717) is 11.3 Å². The van der Waals surface area contributed by atoms with Gasteiger partial charge in [-0.25, -0.2) is 4.39 Å². The molecular formula is C18H16BrFN6O2. The van der Waals surface area contributed by atoms with Gasteiger partial charge in [-0.15, -0.1) is 10.2 Å². The summed E-state index contributed by atoms with van der Waals surface area (Å²) in [6.45, 7) is 1.46. The van der Waals surface area contributed by atoms with Gasteiger partial charge in [-0.3, -0.25) is 9.59 Å². The number of aryl methyl sites for hydroxylation is 1. The van der Waals surface area contributed by atoms with E-state index in [1.165, 1.54) is 18.2 Å². The van der Waals surface area contributed by atoms with Gasteiger partial charge < -0.3 is 10.6 Å². The Balaban J connectivity index is 1.51. The molecule has 1 aromatic heterocycles. The number of amides is 2. The number of nitrogens with zero attached hydrogens (tertiary/aromatic N) is 4. The zero-order valence-corrected chi connectivity index (χ0v) is 16.4. The lowest BCUT2D eigenvalue weighted by Crippen LogP contribution is -2.35. The molecule has 0 saturated carbocycles. The third-order valence-corrected chi connectivity index (χ3v) is 4.22. The van der Waals surface area contributed by atoms with Crippen LogP contribution in [0.25, 0.3) is 11.4 Å². The van der Waals surface area contributed by atoms with E-state index >= 15 is 0 Å². The van der Waals surface area contributed by atoms with Gasteiger partial charge >= 0.3 is 0 Å². The molecule has 0 fully saturated rings. The van der Waals surface area contributed by atoms with E-state index in [9.17, 15) is 14.0 Å². The highest BCUT2D eigenvalue weighted by atomic mass is 79.9. The van der Waals surface area contributed by atoms with E-state index < -0.39 is 11.7 Å². The van der Waals surface area contributed by atoms with Gasteiger partial charge in [-0.1, -0.05) is 28.1 Å². The van der Waals surface area contributed by atoms with Gasteiger partial charge in [0.2, 0.25) is 17.6 Å². The van der Waals surface area contributed by atoms with Gasteiger partial charge in [0.15, 0.2) is 0 Å². The quantitative estimate of drug-likeness (QED) is 0.604. The molecule has 144 valence electrons. The van der Waals surface area contributed by atoms with Gasteiger partial charge in [0, 0.05) is 15.7 Å². The molecule has 0 atom stereocenters. The number of halogens is 2. The van der Waals surface area contributed by atoms with Crippen LogP contribution in [0, 0.1) is 12.7 Å². The van der Waals surface area contributed by atoms with Crippen LogP contribution >= 0.6 is 15.9 Å². The smallest absolute Gasteiger partial charge is 0.244 e. The van der Waals surface area contributed by atoms with Crippen LogP contribution in [0.3, 0.4) is 0 Å². The second-order valence-corrected chi connectivity index (χ2v) is 6.85. The number of nitrogens with one attached hydrogen (secondary N) is 2. The van der Waals surface area contributed by atoms with Crippen molar-refractivity contribution in [2.75, 3.05) is 11.9 Å². The Kier molecular flexibility index (Phi) is 6.09. The highest BCUT2D eigenvalue weighted by Gasteiger charge is 2.11. The van der Waals surface area contributed by atoms with Crippen LogP contribution in [-0.2, 0) is 16.1 Å². The number of carbonyl (C=O) groups is 2. The number of carbonyl (C=O) groups excluding carboxylic acids is 2. The van der Waals surface area contributed by atoms with E-state index in [1.54, 1.807) is 12.1 Å². The van der Waals surface area contributed by atoms with E-state index in [1.807, 2.05) is 19.1 Å². The molecule has 0 radical (unpaired) electrons. The van der Waals surface area contributed by atoms with Crippen LogP contribution in [0.2, 0.25) is 0 Å². The number of tetrazole rings is 1. The predicted octanol–water partition coefficient (Wildman–Crippen LogP) is 2.31. The molecule has 0 spiro atoms. The third-order valence-electron chi connectivity index (χ3n) is 3.73. The molecule has 2 aromatic carbocycles. The van der Waals surface area contributed by atoms with Gasteiger partial charge in [0.25, 0.3) is 0 Å². The molecule has 2 amide bonds. The summed E-state index contributed by atoms with van der Waals surface area (Å²) >= 11 is 3.36. The van der Waals surface area contributed by atoms with Crippen LogP contribution in [-0.4, -0.2) is 38.6 Å². The first-order valence-electron chi connectivity index (χ1n) is 8.27. The molecule has 0 aliphatic heterocycles. The fraction of sp³-hybridized carbons (Fsp3) is 0.167. The van der Waals surface area contributed by atoms with Crippen molar-refractivity contribution in [1.82, 2.24) is 25.5 Å². The Hall–Kier alpha value is -3.14. The minimum absolute atomic E-state index is 0.195. The summed E-state index contributed by atoms with van der Waals surface area (Å²) in [4.78, 5) is 25.1. The fourth-order valence-corrected chi connectivity index (χ4v) is 2.85. The number of hydrogen-bond donors (Lipinski definition) is 2. The molecule has 10 heteroatoms. The van der Waals surface area contributed by atoms with E-state index in [4.69, 9.17) is 0 Å². The molecule has 3 rings (SSSR count). The van der Waals surface area contributed by atoms with Crippen molar-refractivity contribution in [2.24, 2.45) is 0 Å². The lowest BCUT2D eigenvalue weighted by atomic mass is 10.2. The van der Waals surface area contributed by atoms with E-state index in [-0.39, 0.29) is 24.8 Å². The maximum Gasteiger partial charge on any atom is 0.244 e. The lowest BCUT2D eigenvalue weighted by Gasteiger charge is -2.09. The number of rotatable bonds is 6. The molecular weight excluding hydrogens is 431 g/mol. The summed E-state index contributed by atoms with van der Waals surface area (Å²) in [5.74, 6) is -1.02. The molecule has 3 aromatic rings. The Morgan fingerprint density at radius 1 is 1.18 bits per heavy atom.